The minimum absolute atomic E-state index is 0.0389. The number of alkyl halides is 7. The summed E-state index contributed by atoms with van der Waals surface area (Å²) in [4.78, 5) is -0.698. The number of ether oxygens (including phenoxy) is 1. The molecule has 0 aliphatic heterocycles. The zero-order chi connectivity index (χ0) is 19.5. The average molecular weight is 443 g/mol. The van der Waals surface area contributed by atoms with E-state index in [-0.39, 0.29) is 11.6 Å². The molecule has 2 rings (SSSR count). The van der Waals surface area contributed by atoms with Crippen LogP contribution in [0.25, 0.3) is 0 Å². The van der Waals surface area contributed by atoms with Gasteiger partial charge in [-0.1, -0.05) is 46.3 Å². The predicted octanol–water partition coefficient (Wildman–Crippen LogP) is 5.70. The van der Waals surface area contributed by atoms with Gasteiger partial charge in [-0.2, -0.15) is 26.3 Å². The van der Waals surface area contributed by atoms with Crippen molar-refractivity contribution in [2.24, 2.45) is 0 Å². The molecule has 2 aromatic rings. The third kappa shape index (κ3) is 5.46. The molecule has 26 heavy (non-hydrogen) atoms. The van der Waals surface area contributed by atoms with Crippen LogP contribution < -0.4 is 0 Å². The van der Waals surface area contributed by atoms with Crippen LogP contribution in [0.3, 0.4) is 0 Å². The van der Waals surface area contributed by atoms with Gasteiger partial charge in [0.2, 0.25) is 0 Å². The topological polar surface area (TPSA) is 29.5 Å². The van der Waals surface area contributed by atoms with Gasteiger partial charge >= 0.3 is 12.4 Å². The van der Waals surface area contributed by atoms with Crippen molar-refractivity contribution in [2.45, 2.75) is 30.1 Å². The second-order valence-corrected chi connectivity index (χ2v) is 6.41. The molecule has 9 heteroatoms. The molecule has 0 saturated heterocycles. The molecule has 2 atom stereocenters. The number of aliphatic hydroxyl groups excluding tert-OH is 1. The molecule has 0 aromatic heterocycles. The van der Waals surface area contributed by atoms with Crippen molar-refractivity contribution in [1.29, 1.82) is 0 Å². The summed E-state index contributed by atoms with van der Waals surface area (Å²) in [5.41, 5.74) is -2.57. The third-order valence-electron chi connectivity index (χ3n) is 3.44. The molecule has 2 aromatic carbocycles. The number of halogens is 7. The number of rotatable bonds is 5. The first-order valence-corrected chi connectivity index (χ1v) is 8.17. The van der Waals surface area contributed by atoms with Crippen LogP contribution in [0.2, 0.25) is 0 Å². The molecule has 142 valence electrons. The smallest absolute Gasteiger partial charge is 0.367 e. The SMILES string of the molecule is OC(OCc1cc(C(F)(F)F)cc(C(F)(F)F)c1)C(Br)c1ccccc1. The van der Waals surface area contributed by atoms with Crippen molar-refractivity contribution in [1.82, 2.24) is 0 Å². The lowest BCUT2D eigenvalue weighted by Gasteiger charge is -2.19. The Labute approximate surface area is 153 Å². The van der Waals surface area contributed by atoms with Crippen LogP contribution in [0.1, 0.15) is 27.1 Å². The van der Waals surface area contributed by atoms with Crippen LogP contribution in [0.5, 0.6) is 0 Å². The first-order valence-electron chi connectivity index (χ1n) is 7.25. The van der Waals surface area contributed by atoms with Crippen molar-refractivity contribution in [3.8, 4) is 0 Å². The summed E-state index contributed by atoms with van der Waals surface area (Å²) in [5.74, 6) is 0. The number of hydrogen-bond acceptors (Lipinski definition) is 2. The van der Waals surface area contributed by atoms with Gasteiger partial charge < -0.3 is 9.84 Å². The molecule has 0 heterocycles. The van der Waals surface area contributed by atoms with Gasteiger partial charge in [0.25, 0.3) is 0 Å². The molecule has 0 radical (unpaired) electrons. The summed E-state index contributed by atoms with van der Waals surface area (Å²) < 4.78 is 82.0. The Morgan fingerprint density at radius 1 is 0.885 bits per heavy atom. The Kier molecular flexibility index (Phi) is 6.36. The van der Waals surface area contributed by atoms with Gasteiger partial charge in [0, 0.05) is 0 Å². The maximum atomic E-state index is 12.8. The molecule has 0 bridgehead atoms. The number of aliphatic hydroxyl groups is 1. The Morgan fingerprint density at radius 2 is 1.38 bits per heavy atom. The van der Waals surface area contributed by atoms with Crippen LogP contribution in [0, 0.1) is 0 Å². The van der Waals surface area contributed by atoms with Crippen molar-refractivity contribution in [3.63, 3.8) is 0 Å². The van der Waals surface area contributed by atoms with Gasteiger partial charge in [0.05, 0.1) is 22.6 Å². The molecule has 0 fully saturated rings. The Bertz CT molecular complexity index is 698. The summed E-state index contributed by atoms with van der Waals surface area (Å²) in [6.07, 6.45) is -11.3. The van der Waals surface area contributed by atoms with E-state index in [1.165, 1.54) is 0 Å². The predicted molar refractivity (Wildman–Crippen MR) is 85.4 cm³/mol. The van der Waals surface area contributed by atoms with Crippen LogP contribution in [-0.2, 0) is 23.7 Å². The van der Waals surface area contributed by atoms with E-state index in [0.717, 1.165) is 0 Å². The highest BCUT2D eigenvalue weighted by molar-refractivity contribution is 9.09. The van der Waals surface area contributed by atoms with E-state index < -0.39 is 41.2 Å². The summed E-state index contributed by atoms with van der Waals surface area (Å²) in [6, 6.07) is 9.68. The van der Waals surface area contributed by atoms with Gasteiger partial charge in [0.15, 0.2) is 6.29 Å². The lowest BCUT2D eigenvalue weighted by atomic mass is 10.1. The molecule has 0 saturated carbocycles. The minimum atomic E-state index is -4.93. The van der Waals surface area contributed by atoms with Gasteiger partial charge in [-0.05, 0) is 29.3 Å². The standard InChI is InChI=1S/C17H13BrF6O2/c18-14(11-4-2-1-3-5-11)15(25)26-9-10-6-12(16(19,20)21)8-13(7-10)17(22,23)24/h1-8,14-15,25H,9H2. The maximum absolute atomic E-state index is 12.8. The molecule has 0 aliphatic carbocycles. The van der Waals surface area contributed by atoms with Crippen LogP contribution in [-0.4, -0.2) is 11.4 Å². The fourth-order valence-electron chi connectivity index (χ4n) is 2.17. The van der Waals surface area contributed by atoms with Crippen molar-refractivity contribution in [3.05, 3.63) is 70.8 Å². The van der Waals surface area contributed by atoms with Crippen LogP contribution in [0.4, 0.5) is 26.3 Å². The fraction of sp³-hybridized carbons (Fsp3) is 0.294. The molecular weight excluding hydrogens is 430 g/mol. The second-order valence-electron chi connectivity index (χ2n) is 5.43. The van der Waals surface area contributed by atoms with E-state index in [1.807, 2.05) is 0 Å². The zero-order valence-corrected chi connectivity index (χ0v) is 14.6. The quantitative estimate of drug-likeness (QED) is 0.365. The fourth-order valence-corrected chi connectivity index (χ4v) is 2.63. The summed E-state index contributed by atoms with van der Waals surface area (Å²) in [6.45, 7) is -0.622. The lowest BCUT2D eigenvalue weighted by Crippen LogP contribution is -2.18. The molecule has 2 nitrogen and oxygen atoms in total. The second kappa shape index (κ2) is 7.98. The Hall–Kier alpha value is -1.58. The maximum Gasteiger partial charge on any atom is 0.416 e. The number of benzene rings is 2. The minimum Gasteiger partial charge on any atom is -0.367 e. The van der Waals surface area contributed by atoms with Crippen molar-refractivity contribution >= 4 is 15.9 Å². The largest absolute Gasteiger partial charge is 0.416 e. The Morgan fingerprint density at radius 3 is 1.85 bits per heavy atom. The molecule has 0 amide bonds. The molecule has 2 unspecified atom stereocenters. The first-order chi connectivity index (χ1) is 12.0. The van der Waals surface area contributed by atoms with Crippen LogP contribution in [0.15, 0.2) is 48.5 Å². The monoisotopic (exact) mass is 442 g/mol. The zero-order valence-electron chi connectivity index (χ0n) is 13.0. The van der Waals surface area contributed by atoms with E-state index >= 15 is 0 Å². The number of hydrogen-bond donors (Lipinski definition) is 1. The third-order valence-corrected chi connectivity index (χ3v) is 4.42. The van der Waals surface area contributed by atoms with E-state index in [4.69, 9.17) is 4.74 Å². The summed E-state index contributed by atoms with van der Waals surface area (Å²) in [5, 5.41) is 9.98. The lowest BCUT2D eigenvalue weighted by molar-refractivity contribution is -0.143. The normalized spacial score (nSPS) is 14.9. The van der Waals surface area contributed by atoms with E-state index in [0.29, 0.717) is 17.7 Å². The van der Waals surface area contributed by atoms with Crippen molar-refractivity contribution in [2.75, 3.05) is 0 Å². The molecular formula is C17H13BrF6O2. The van der Waals surface area contributed by atoms with E-state index in [9.17, 15) is 31.4 Å². The first kappa shape index (κ1) is 20.7. The summed E-state index contributed by atoms with van der Waals surface area (Å²) in [7, 11) is 0. The van der Waals surface area contributed by atoms with Gasteiger partial charge in [-0.25, -0.2) is 0 Å². The van der Waals surface area contributed by atoms with Crippen LogP contribution >= 0.6 is 15.9 Å². The Balaban J connectivity index is 2.18. The van der Waals surface area contributed by atoms with Gasteiger partial charge in [-0.15, -0.1) is 0 Å². The highest BCUT2D eigenvalue weighted by atomic mass is 79.9. The van der Waals surface area contributed by atoms with Gasteiger partial charge in [-0.3, -0.25) is 0 Å². The van der Waals surface area contributed by atoms with Crippen molar-refractivity contribution < 1.29 is 36.2 Å². The molecule has 1 N–H and O–H groups in total. The highest BCUT2D eigenvalue weighted by Crippen LogP contribution is 2.36. The van der Waals surface area contributed by atoms with Gasteiger partial charge in [0.1, 0.15) is 0 Å². The highest BCUT2D eigenvalue weighted by Gasteiger charge is 2.37. The van der Waals surface area contributed by atoms with E-state index in [2.05, 4.69) is 15.9 Å². The van der Waals surface area contributed by atoms with E-state index in [1.54, 1.807) is 30.3 Å². The summed E-state index contributed by atoms with van der Waals surface area (Å²) >= 11 is 3.18. The average Bonchev–Trinajstić information content (AvgIpc) is 2.58. The molecule has 0 aliphatic rings. The molecule has 0 spiro atoms.